The minimum atomic E-state index is -0.231. The van der Waals surface area contributed by atoms with Crippen LogP contribution < -0.4 is 0 Å². The van der Waals surface area contributed by atoms with Gasteiger partial charge in [0.15, 0.2) is 5.78 Å². The van der Waals surface area contributed by atoms with Crippen molar-refractivity contribution in [3.8, 4) is 0 Å². The lowest BCUT2D eigenvalue weighted by atomic mass is 9.72. The third kappa shape index (κ3) is 1.08. The summed E-state index contributed by atoms with van der Waals surface area (Å²) in [4.78, 5) is 11.4. The third-order valence-corrected chi connectivity index (χ3v) is 3.83. The van der Waals surface area contributed by atoms with Gasteiger partial charge >= 0.3 is 0 Å². The number of Topliss-reactive ketones (excluding diaryl/α,β-unsaturated/α-hetero) is 1. The van der Waals surface area contributed by atoms with Gasteiger partial charge in [-0.25, -0.2) is 0 Å². The number of allylic oxidation sites excluding steroid dienone is 1. The maximum Gasteiger partial charge on any atom is 0.158 e. The van der Waals surface area contributed by atoms with Crippen molar-refractivity contribution >= 4 is 5.78 Å². The molecule has 2 atom stereocenters. The first-order valence-corrected chi connectivity index (χ1v) is 4.97. The van der Waals surface area contributed by atoms with Crippen LogP contribution in [0.3, 0.4) is 0 Å². The predicted octanol–water partition coefficient (Wildman–Crippen LogP) is 1.83. The van der Waals surface area contributed by atoms with Crippen LogP contribution in [0.25, 0.3) is 0 Å². The lowest BCUT2D eigenvalue weighted by Gasteiger charge is -2.34. The van der Waals surface area contributed by atoms with Gasteiger partial charge in [0.05, 0.1) is 6.10 Å². The fourth-order valence-electron chi connectivity index (χ4n) is 2.75. The highest BCUT2D eigenvalue weighted by molar-refractivity contribution is 5.96. The Morgan fingerprint density at radius 3 is 2.85 bits per heavy atom. The van der Waals surface area contributed by atoms with Crippen LogP contribution >= 0.6 is 0 Å². The summed E-state index contributed by atoms with van der Waals surface area (Å²) in [6.45, 7) is 4.00. The number of rotatable bonds is 0. The number of aliphatic hydroxyl groups excluding tert-OH is 1. The zero-order valence-electron chi connectivity index (χ0n) is 8.26. The number of carbonyl (C=O) groups excluding carboxylic acids is 1. The van der Waals surface area contributed by atoms with Gasteiger partial charge in [-0.15, -0.1) is 0 Å². The fourth-order valence-corrected chi connectivity index (χ4v) is 2.75. The SMILES string of the molecule is CC1=C2CC[C@@H](O)[C@]2(C)CCC1=O. The Morgan fingerprint density at radius 1 is 1.46 bits per heavy atom. The molecule has 2 aliphatic carbocycles. The summed E-state index contributed by atoms with van der Waals surface area (Å²) in [5, 5.41) is 9.84. The van der Waals surface area contributed by atoms with E-state index >= 15 is 0 Å². The maximum atomic E-state index is 11.4. The van der Waals surface area contributed by atoms with Crippen LogP contribution in [0.5, 0.6) is 0 Å². The van der Waals surface area contributed by atoms with Gasteiger partial charge < -0.3 is 5.11 Å². The highest BCUT2D eigenvalue weighted by atomic mass is 16.3. The Kier molecular flexibility index (Phi) is 1.84. The van der Waals surface area contributed by atoms with Crippen LogP contribution in [0.1, 0.15) is 39.5 Å². The molecule has 0 aromatic heterocycles. The molecular weight excluding hydrogens is 164 g/mol. The summed E-state index contributed by atoms with van der Waals surface area (Å²) in [6, 6.07) is 0. The molecule has 0 spiro atoms. The monoisotopic (exact) mass is 180 g/mol. The maximum absolute atomic E-state index is 11.4. The molecule has 0 aliphatic heterocycles. The lowest BCUT2D eigenvalue weighted by Crippen LogP contribution is -2.32. The van der Waals surface area contributed by atoms with Crippen molar-refractivity contribution in [3.05, 3.63) is 11.1 Å². The molecule has 0 radical (unpaired) electrons. The molecule has 1 N–H and O–H groups in total. The molecule has 2 heteroatoms. The molecule has 0 saturated heterocycles. The molecule has 72 valence electrons. The van der Waals surface area contributed by atoms with Gasteiger partial charge in [0.25, 0.3) is 0 Å². The van der Waals surface area contributed by atoms with Gasteiger partial charge in [-0.1, -0.05) is 12.5 Å². The largest absolute Gasteiger partial charge is 0.392 e. The second-order valence-electron chi connectivity index (χ2n) is 4.50. The van der Waals surface area contributed by atoms with Crippen LogP contribution in [0, 0.1) is 5.41 Å². The van der Waals surface area contributed by atoms with Gasteiger partial charge in [-0.3, -0.25) is 4.79 Å². The summed E-state index contributed by atoms with van der Waals surface area (Å²) < 4.78 is 0. The molecule has 0 heterocycles. The Bertz CT molecular complexity index is 290. The number of hydrogen-bond donors (Lipinski definition) is 1. The molecule has 13 heavy (non-hydrogen) atoms. The van der Waals surface area contributed by atoms with Gasteiger partial charge in [-0.2, -0.15) is 0 Å². The summed E-state index contributed by atoms with van der Waals surface area (Å²) in [5.41, 5.74) is 2.06. The van der Waals surface area contributed by atoms with E-state index in [2.05, 4.69) is 6.92 Å². The van der Waals surface area contributed by atoms with Crippen LogP contribution in [-0.4, -0.2) is 17.0 Å². The van der Waals surface area contributed by atoms with E-state index in [1.165, 1.54) is 5.57 Å². The molecule has 0 amide bonds. The number of aliphatic hydroxyl groups is 1. The quantitative estimate of drug-likeness (QED) is 0.617. The van der Waals surface area contributed by atoms with Crippen LogP contribution in [0.2, 0.25) is 0 Å². The molecule has 2 nitrogen and oxygen atoms in total. The van der Waals surface area contributed by atoms with Crippen molar-refractivity contribution < 1.29 is 9.90 Å². The zero-order valence-corrected chi connectivity index (χ0v) is 8.26. The van der Waals surface area contributed by atoms with E-state index in [9.17, 15) is 9.90 Å². The first kappa shape index (κ1) is 8.95. The van der Waals surface area contributed by atoms with Crippen LogP contribution in [0.15, 0.2) is 11.1 Å². The smallest absolute Gasteiger partial charge is 0.158 e. The highest BCUT2D eigenvalue weighted by Gasteiger charge is 2.45. The van der Waals surface area contributed by atoms with Gasteiger partial charge in [0.1, 0.15) is 0 Å². The van der Waals surface area contributed by atoms with E-state index in [0.717, 1.165) is 24.8 Å². The van der Waals surface area contributed by atoms with Crippen molar-refractivity contribution in [2.45, 2.75) is 45.6 Å². The summed E-state index contributed by atoms with van der Waals surface area (Å²) >= 11 is 0. The number of hydrogen-bond acceptors (Lipinski definition) is 2. The first-order valence-electron chi connectivity index (χ1n) is 4.97. The summed E-state index contributed by atoms with van der Waals surface area (Å²) in [6.07, 6.45) is 2.96. The normalized spacial score (nSPS) is 39.6. The fraction of sp³-hybridized carbons (Fsp3) is 0.727. The van der Waals surface area contributed by atoms with Crippen molar-refractivity contribution in [2.24, 2.45) is 5.41 Å². The van der Waals surface area contributed by atoms with Crippen molar-refractivity contribution in [1.29, 1.82) is 0 Å². The molecule has 0 aromatic carbocycles. The Balaban J connectivity index is 2.48. The lowest BCUT2D eigenvalue weighted by molar-refractivity contribution is -0.117. The minimum Gasteiger partial charge on any atom is -0.392 e. The standard InChI is InChI=1S/C11H16O2/c1-7-8-3-4-10(13)11(8,2)6-5-9(7)12/h10,13H,3-6H2,1-2H3/t10-,11-/m1/s1. The van der Waals surface area contributed by atoms with Gasteiger partial charge in [0, 0.05) is 11.8 Å². The van der Waals surface area contributed by atoms with Crippen LogP contribution in [0.4, 0.5) is 0 Å². The second-order valence-corrected chi connectivity index (χ2v) is 4.50. The molecule has 0 unspecified atom stereocenters. The highest BCUT2D eigenvalue weighted by Crippen LogP contribution is 2.50. The third-order valence-electron chi connectivity index (χ3n) is 3.83. The second kappa shape index (κ2) is 2.68. The number of carbonyl (C=O) groups is 1. The van der Waals surface area contributed by atoms with Crippen LogP contribution in [-0.2, 0) is 4.79 Å². The van der Waals surface area contributed by atoms with Crippen molar-refractivity contribution in [2.75, 3.05) is 0 Å². The van der Waals surface area contributed by atoms with E-state index in [-0.39, 0.29) is 17.3 Å². The van der Waals surface area contributed by atoms with E-state index in [4.69, 9.17) is 0 Å². The summed E-state index contributed by atoms with van der Waals surface area (Å²) in [7, 11) is 0. The molecule has 0 aromatic rings. The minimum absolute atomic E-state index is 0.0853. The summed E-state index contributed by atoms with van der Waals surface area (Å²) in [5.74, 6) is 0.279. The molecule has 1 fully saturated rings. The average Bonchev–Trinajstić information content (AvgIpc) is 2.39. The Morgan fingerprint density at radius 2 is 2.15 bits per heavy atom. The predicted molar refractivity (Wildman–Crippen MR) is 50.3 cm³/mol. The molecular formula is C11H16O2. The molecule has 0 bridgehead atoms. The first-order chi connectivity index (χ1) is 6.05. The Hall–Kier alpha value is -0.630. The van der Waals surface area contributed by atoms with E-state index < -0.39 is 0 Å². The zero-order chi connectivity index (χ0) is 9.64. The number of ketones is 1. The van der Waals surface area contributed by atoms with E-state index in [1.807, 2.05) is 6.92 Å². The van der Waals surface area contributed by atoms with Crippen molar-refractivity contribution in [3.63, 3.8) is 0 Å². The molecule has 1 saturated carbocycles. The number of fused-ring (bicyclic) bond motifs is 1. The molecule has 2 rings (SSSR count). The van der Waals surface area contributed by atoms with Gasteiger partial charge in [-0.05, 0) is 31.8 Å². The average molecular weight is 180 g/mol. The topological polar surface area (TPSA) is 37.3 Å². The van der Waals surface area contributed by atoms with E-state index in [0.29, 0.717) is 6.42 Å². The van der Waals surface area contributed by atoms with Gasteiger partial charge in [0.2, 0.25) is 0 Å². The van der Waals surface area contributed by atoms with Crippen molar-refractivity contribution in [1.82, 2.24) is 0 Å². The molecule has 2 aliphatic rings. The Labute approximate surface area is 78.6 Å². The van der Waals surface area contributed by atoms with E-state index in [1.54, 1.807) is 0 Å².